The highest BCUT2D eigenvalue weighted by Gasteiger charge is 2.38. The molecule has 2 unspecified atom stereocenters. The quantitative estimate of drug-likeness (QED) is 0.418. The van der Waals surface area contributed by atoms with Crippen LogP contribution in [0, 0.1) is 13.8 Å². The van der Waals surface area contributed by atoms with E-state index in [1.807, 2.05) is 73.1 Å². The van der Waals surface area contributed by atoms with E-state index in [1.54, 1.807) is 0 Å². The van der Waals surface area contributed by atoms with Crippen LogP contribution in [0.4, 0.5) is 5.69 Å². The molecule has 172 valence electrons. The number of rotatable bonds is 6. The van der Waals surface area contributed by atoms with Crippen molar-refractivity contribution < 1.29 is 9.53 Å². The molecule has 2 N–H and O–H groups in total. The normalized spacial score (nSPS) is 16.9. The van der Waals surface area contributed by atoms with E-state index in [0.29, 0.717) is 11.0 Å². The van der Waals surface area contributed by atoms with Gasteiger partial charge in [0.05, 0.1) is 6.04 Å². The zero-order valence-electron chi connectivity index (χ0n) is 18.9. The van der Waals surface area contributed by atoms with E-state index < -0.39 is 5.25 Å². The number of aromatic nitrogens is 3. The smallest absolute Gasteiger partial charge is 0.240 e. The number of carbonyl (C=O) groups is 1. The highest BCUT2D eigenvalue weighted by Crippen LogP contribution is 2.37. The third-order valence-electron chi connectivity index (χ3n) is 5.63. The van der Waals surface area contributed by atoms with Gasteiger partial charge in [0, 0.05) is 5.69 Å². The van der Waals surface area contributed by atoms with Crippen LogP contribution in [0.1, 0.15) is 28.6 Å². The molecule has 1 aromatic heterocycles. The zero-order chi connectivity index (χ0) is 23.5. The number of anilines is 1. The molecule has 2 atom stereocenters. The van der Waals surface area contributed by atoms with Crippen LogP contribution in [0.15, 0.2) is 84.0 Å². The zero-order valence-corrected chi connectivity index (χ0v) is 19.8. The summed E-state index contributed by atoms with van der Waals surface area (Å²) in [5, 5.41) is 11.9. The number of nitrogens with zero attached hydrogens (tertiary/aromatic N) is 3. The molecule has 1 aliphatic rings. The molecule has 5 rings (SSSR count). The van der Waals surface area contributed by atoms with Crippen LogP contribution in [0.5, 0.6) is 5.75 Å². The van der Waals surface area contributed by atoms with Gasteiger partial charge < -0.3 is 15.5 Å². The number of nitrogens with one attached hydrogen (secondary N) is 2. The van der Waals surface area contributed by atoms with Crippen LogP contribution in [0.2, 0.25) is 0 Å². The number of thioether (sulfide) groups is 1. The SMILES string of the molecule is Cc1ccc(NC(=O)C2Sc3nnc(COc4ccccc4)n3NC2c2ccc(C)cc2)cc1. The van der Waals surface area contributed by atoms with Gasteiger partial charge in [-0.15, -0.1) is 10.2 Å². The number of aryl methyl sites for hydroxylation is 2. The maximum Gasteiger partial charge on any atom is 0.240 e. The minimum absolute atomic E-state index is 0.0942. The summed E-state index contributed by atoms with van der Waals surface area (Å²) in [6, 6.07) is 25.3. The summed E-state index contributed by atoms with van der Waals surface area (Å²) < 4.78 is 7.71. The van der Waals surface area contributed by atoms with Gasteiger partial charge in [-0.25, -0.2) is 4.68 Å². The Morgan fingerprint density at radius 3 is 2.35 bits per heavy atom. The van der Waals surface area contributed by atoms with Gasteiger partial charge in [-0.3, -0.25) is 4.79 Å². The third-order valence-corrected chi connectivity index (χ3v) is 6.84. The Labute approximate surface area is 202 Å². The molecule has 3 aromatic carbocycles. The van der Waals surface area contributed by atoms with Crippen molar-refractivity contribution >= 4 is 23.4 Å². The van der Waals surface area contributed by atoms with Crippen LogP contribution in [-0.4, -0.2) is 26.0 Å². The van der Waals surface area contributed by atoms with Crippen LogP contribution >= 0.6 is 11.8 Å². The predicted octanol–water partition coefficient (Wildman–Crippen LogP) is 4.87. The average molecular weight is 472 g/mol. The molecule has 0 aliphatic carbocycles. The van der Waals surface area contributed by atoms with Gasteiger partial charge in [-0.1, -0.05) is 77.5 Å². The monoisotopic (exact) mass is 471 g/mol. The highest BCUT2D eigenvalue weighted by atomic mass is 32.2. The van der Waals surface area contributed by atoms with E-state index in [1.165, 1.54) is 11.8 Å². The Bertz CT molecular complexity index is 1270. The molecule has 0 spiro atoms. The number of carbonyl (C=O) groups excluding carboxylic acids is 1. The van der Waals surface area contributed by atoms with Crippen LogP contribution in [0.25, 0.3) is 0 Å². The van der Waals surface area contributed by atoms with Crippen molar-refractivity contribution in [3.63, 3.8) is 0 Å². The summed E-state index contributed by atoms with van der Waals surface area (Å²) in [7, 11) is 0. The first-order valence-corrected chi connectivity index (χ1v) is 11.9. The number of fused-ring (bicyclic) bond motifs is 1. The molecule has 0 fully saturated rings. The summed E-state index contributed by atoms with van der Waals surface area (Å²) in [6.45, 7) is 4.32. The lowest BCUT2D eigenvalue weighted by molar-refractivity contribution is -0.116. The van der Waals surface area contributed by atoms with Gasteiger partial charge in [0.15, 0.2) is 5.82 Å². The number of hydrogen-bond acceptors (Lipinski definition) is 6. The van der Waals surface area contributed by atoms with E-state index in [4.69, 9.17) is 4.74 Å². The topological polar surface area (TPSA) is 81.1 Å². The maximum absolute atomic E-state index is 13.4. The summed E-state index contributed by atoms with van der Waals surface area (Å²) in [6.07, 6.45) is 0. The fourth-order valence-electron chi connectivity index (χ4n) is 3.73. The third kappa shape index (κ3) is 4.77. The number of ether oxygens (including phenoxy) is 1. The van der Waals surface area contributed by atoms with E-state index in [9.17, 15) is 4.79 Å². The fourth-order valence-corrected chi connectivity index (χ4v) is 4.83. The van der Waals surface area contributed by atoms with Gasteiger partial charge in [0.25, 0.3) is 0 Å². The summed E-state index contributed by atoms with van der Waals surface area (Å²) in [5.74, 6) is 1.30. The number of benzene rings is 3. The van der Waals surface area contributed by atoms with Gasteiger partial charge in [-0.05, 0) is 43.7 Å². The first-order chi connectivity index (χ1) is 16.6. The lowest BCUT2D eigenvalue weighted by Gasteiger charge is -2.33. The first-order valence-electron chi connectivity index (χ1n) is 11.1. The summed E-state index contributed by atoms with van der Waals surface area (Å²) in [5.41, 5.74) is 7.55. The molecule has 34 heavy (non-hydrogen) atoms. The Morgan fingerprint density at radius 1 is 0.971 bits per heavy atom. The molecule has 0 bridgehead atoms. The van der Waals surface area contributed by atoms with Crippen molar-refractivity contribution in [1.82, 2.24) is 14.9 Å². The number of hydrogen-bond donors (Lipinski definition) is 2. The maximum atomic E-state index is 13.4. The second-order valence-corrected chi connectivity index (χ2v) is 9.36. The molecular formula is C26H25N5O2S. The first kappa shape index (κ1) is 22.0. The van der Waals surface area contributed by atoms with Crippen molar-refractivity contribution in [2.75, 3.05) is 10.7 Å². The van der Waals surface area contributed by atoms with Gasteiger partial charge in [0.1, 0.15) is 17.6 Å². The minimum atomic E-state index is -0.441. The van der Waals surface area contributed by atoms with Crippen molar-refractivity contribution in [2.24, 2.45) is 0 Å². The Balaban J connectivity index is 1.41. The van der Waals surface area contributed by atoms with Crippen LogP contribution in [-0.2, 0) is 11.4 Å². The van der Waals surface area contributed by atoms with Crippen LogP contribution < -0.4 is 15.5 Å². The van der Waals surface area contributed by atoms with E-state index in [0.717, 1.165) is 28.1 Å². The molecule has 0 saturated carbocycles. The second-order valence-electron chi connectivity index (χ2n) is 8.25. The van der Waals surface area contributed by atoms with Crippen molar-refractivity contribution in [2.45, 2.75) is 36.9 Å². The Kier molecular flexibility index (Phi) is 6.22. The van der Waals surface area contributed by atoms with E-state index >= 15 is 0 Å². The molecule has 1 amide bonds. The van der Waals surface area contributed by atoms with E-state index in [-0.39, 0.29) is 18.6 Å². The molecule has 0 radical (unpaired) electrons. The molecular weight excluding hydrogens is 446 g/mol. The molecule has 8 heteroatoms. The predicted molar refractivity (Wildman–Crippen MR) is 134 cm³/mol. The van der Waals surface area contributed by atoms with Gasteiger partial charge in [0.2, 0.25) is 11.1 Å². The van der Waals surface area contributed by atoms with Gasteiger partial charge in [-0.2, -0.15) is 0 Å². The van der Waals surface area contributed by atoms with E-state index in [2.05, 4.69) is 45.2 Å². The standard InChI is InChI=1S/C26H25N5O2S/c1-17-8-12-19(13-9-17)23-24(25(32)27-20-14-10-18(2)11-15-20)34-26-29-28-22(31(26)30-23)16-33-21-6-4-3-5-7-21/h3-15,23-24,30H,16H2,1-2H3,(H,27,32). The lowest BCUT2D eigenvalue weighted by Crippen LogP contribution is -2.41. The van der Waals surface area contributed by atoms with Crippen molar-refractivity contribution in [3.8, 4) is 5.75 Å². The van der Waals surface area contributed by atoms with Crippen molar-refractivity contribution in [1.29, 1.82) is 0 Å². The Morgan fingerprint density at radius 2 is 1.65 bits per heavy atom. The van der Waals surface area contributed by atoms with Crippen LogP contribution in [0.3, 0.4) is 0 Å². The lowest BCUT2D eigenvalue weighted by atomic mass is 10.0. The number of para-hydroxylation sites is 1. The molecule has 4 aromatic rings. The summed E-state index contributed by atoms with van der Waals surface area (Å²) >= 11 is 1.40. The molecule has 7 nitrogen and oxygen atoms in total. The molecule has 2 heterocycles. The van der Waals surface area contributed by atoms with Gasteiger partial charge >= 0.3 is 0 Å². The summed E-state index contributed by atoms with van der Waals surface area (Å²) in [4.78, 5) is 13.4. The Hall–Kier alpha value is -3.78. The van der Waals surface area contributed by atoms with Crippen molar-refractivity contribution in [3.05, 3.63) is 101 Å². The molecule has 1 aliphatic heterocycles. The largest absolute Gasteiger partial charge is 0.486 e. The fraction of sp³-hybridized carbons (Fsp3) is 0.192. The second kappa shape index (κ2) is 9.61. The number of amides is 1. The minimum Gasteiger partial charge on any atom is -0.486 e. The average Bonchev–Trinajstić information content (AvgIpc) is 3.26. The highest BCUT2D eigenvalue weighted by molar-refractivity contribution is 8.00. The molecule has 0 saturated heterocycles.